The molecule has 2 rings (SSSR count). The number of benzene rings is 2. The Hall–Kier alpha value is -2.43. The Morgan fingerprint density at radius 2 is 1.48 bits per heavy atom. The first-order valence-electron chi connectivity index (χ1n) is 6.01. The highest BCUT2D eigenvalue weighted by atomic mass is 19.4. The first kappa shape index (κ1) is 15.0. The van der Waals surface area contributed by atoms with Crippen LogP contribution in [0.1, 0.15) is 21.5 Å². The Bertz CT molecular complexity index is 652. The zero-order chi connectivity index (χ0) is 15.5. The number of halogens is 4. The lowest BCUT2D eigenvalue weighted by Crippen LogP contribution is -2.05. The van der Waals surface area contributed by atoms with E-state index in [1.54, 1.807) is 0 Å². The normalized spacial score (nSPS) is 11.8. The van der Waals surface area contributed by atoms with Gasteiger partial charge >= 0.3 is 6.18 Å². The number of carbonyl (C=O) groups is 1. The third-order valence-corrected chi connectivity index (χ3v) is 2.79. The largest absolute Gasteiger partial charge is 0.416 e. The van der Waals surface area contributed by atoms with Crippen LogP contribution < -0.4 is 0 Å². The number of alkyl halides is 3. The monoisotopic (exact) mass is 294 g/mol. The van der Waals surface area contributed by atoms with Gasteiger partial charge in [0.05, 0.1) is 5.56 Å². The maximum atomic E-state index is 12.7. The van der Waals surface area contributed by atoms with E-state index < -0.39 is 17.5 Å². The standard InChI is InChI=1S/C16H10F4O/c17-14-8-1-11(2-9-14)3-10-15(21)12-4-6-13(7-5-12)16(18,19)20/h1-10H/b10-3-. The van der Waals surface area contributed by atoms with Gasteiger partial charge in [-0.1, -0.05) is 30.3 Å². The fraction of sp³-hybridized carbons (Fsp3) is 0.0625. The predicted molar refractivity (Wildman–Crippen MR) is 71.2 cm³/mol. The van der Waals surface area contributed by atoms with Crippen molar-refractivity contribution in [2.24, 2.45) is 0 Å². The van der Waals surface area contributed by atoms with E-state index in [0.717, 1.165) is 24.3 Å². The van der Waals surface area contributed by atoms with E-state index in [1.807, 2.05) is 0 Å². The molecule has 0 saturated carbocycles. The van der Waals surface area contributed by atoms with Gasteiger partial charge in [-0.25, -0.2) is 4.39 Å². The quantitative estimate of drug-likeness (QED) is 0.454. The molecule has 0 fully saturated rings. The van der Waals surface area contributed by atoms with E-state index in [4.69, 9.17) is 0 Å². The Balaban J connectivity index is 2.11. The summed E-state index contributed by atoms with van der Waals surface area (Å²) in [5, 5.41) is 0. The lowest BCUT2D eigenvalue weighted by Gasteiger charge is -2.06. The van der Waals surface area contributed by atoms with Crippen molar-refractivity contribution in [3.8, 4) is 0 Å². The highest BCUT2D eigenvalue weighted by molar-refractivity contribution is 6.06. The number of ketones is 1. The van der Waals surface area contributed by atoms with Gasteiger partial charge in [0, 0.05) is 5.56 Å². The summed E-state index contributed by atoms with van der Waals surface area (Å²) < 4.78 is 49.9. The Morgan fingerprint density at radius 1 is 0.905 bits per heavy atom. The number of rotatable bonds is 3. The summed E-state index contributed by atoms with van der Waals surface area (Å²) in [5.41, 5.74) is -0.0282. The number of carbonyl (C=O) groups excluding carboxylic acids is 1. The van der Waals surface area contributed by atoms with Crippen LogP contribution >= 0.6 is 0 Å². The molecule has 2 aromatic rings. The minimum absolute atomic E-state index is 0.154. The second-order valence-corrected chi connectivity index (χ2v) is 4.32. The zero-order valence-electron chi connectivity index (χ0n) is 10.7. The maximum absolute atomic E-state index is 12.7. The molecule has 0 atom stereocenters. The van der Waals surface area contributed by atoms with Crippen molar-refractivity contribution in [1.82, 2.24) is 0 Å². The molecule has 108 valence electrons. The molecule has 5 heteroatoms. The van der Waals surface area contributed by atoms with Gasteiger partial charge in [0.15, 0.2) is 5.78 Å². The van der Waals surface area contributed by atoms with Crippen LogP contribution in [0.3, 0.4) is 0 Å². The van der Waals surface area contributed by atoms with E-state index in [9.17, 15) is 22.4 Å². The fourth-order valence-corrected chi connectivity index (χ4v) is 1.67. The third kappa shape index (κ3) is 4.02. The van der Waals surface area contributed by atoms with E-state index in [0.29, 0.717) is 5.56 Å². The Morgan fingerprint density at radius 3 is 2.00 bits per heavy atom. The molecule has 0 aliphatic rings. The first-order valence-corrected chi connectivity index (χ1v) is 6.01. The molecule has 0 spiro atoms. The Labute approximate surface area is 118 Å². The van der Waals surface area contributed by atoms with Crippen molar-refractivity contribution in [2.45, 2.75) is 6.18 Å². The van der Waals surface area contributed by atoms with Gasteiger partial charge in [0.2, 0.25) is 0 Å². The van der Waals surface area contributed by atoms with Gasteiger partial charge in [-0.3, -0.25) is 4.79 Å². The van der Waals surface area contributed by atoms with Gasteiger partial charge in [-0.2, -0.15) is 13.2 Å². The second-order valence-electron chi connectivity index (χ2n) is 4.32. The van der Waals surface area contributed by atoms with Crippen molar-refractivity contribution in [2.75, 3.05) is 0 Å². The van der Waals surface area contributed by atoms with Crippen LogP contribution in [0.25, 0.3) is 6.08 Å². The van der Waals surface area contributed by atoms with Crippen LogP contribution in [-0.4, -0.2) is 5.78 Å². The Kier molecular flexibility index (Phi) is 4.21. The third-order valence-electron chi connectivity index (χ3n) is 2.79. The van der Waals surface area contributed by atoms with Gasteiger partial charge in [0.25, 0.3) is 0 Å². The van der Waals surface area contributed by atoms with Crippen LogP contribution in [0.5, 0.6) is 0 Å². The van der Waals surface area contributed by atoms with E-state index in [2.05, 4.69) is 0 Å². The molecular formula is C16H10F4O. The summed E-state index contributed by atoms with van der Waals surface area (Å²) in [7, 11) is 0. The molecule has 0 aliphatic heterocycles. The molecule has 0 bridgehead atoms. The maximum Gasteiger partial charge on any atom is 0.416 e. The molecule has 0 radical (unpaired) electrons. The minimum atomic E-state index is -4.43. The van der Waals surface area contributed by atoms with Gasteiger partial charge in [0.1, 0.15) is 5.82 Å². The van der Waals surface area contributed by atoms with Crippen molar-refractivity contribution in [1.29, 1.82) is 0 Å². The molecular weight excluding hydrogens is 284 g/mol. The number of allylic oxidation sites excluding steroid dienone is 1. The number of hydrogen-bond acceptors (Lipinski definition) is 1. The molecule has 21 heavy (non-hydrogen) atoms. The van der Waals surface area contributed by atoms with Crippen molar-refractivity contribution in [3.05, 3.63) is 77.1 Å². The molecule has 0 N–H and O–H groups in total. The zero-order valence-corrected chi connectivity index (χ0v) is 10.7. The van der Waals surface area contributed by atoms with Crippen molar-refractivity contribution in [3.63, 3.8) is 0 Å². The second kappa shape index (κ2) is 5.91. The van der Waals surface area contributed by atoms with Gasteiger partial charge in [-0.15, -0.1) is 0 Å². The van der Waals surface area contributed by atoms with Crippen molar-refractivity contribution >= 4 is 11.9 Å². The van der Waals surface area contributed by atoms with Crippen LogP contribution in [0.4, 0.5) is 17.6 Å². The summed E-state index contributed by atoms with van der Waals surface area (Å²) >= 11 is 0. The van der Waals surface area contributed by atoms with E-state index >= 15 is 0 Å². The van der Waals surface area contributed by atoms with E-state index in [-0.39, 0.29) is 11.4 Å². The van der Waals surface area contributed by atoms with Gasteiger partial charge in [-0.05, 0) is 35.9 Å². The topological polar surface area (TPSA) is 17.1 Å². The predicted octanol–water partition coefficient (Wildman–Crippen LogP) is 4.74. The van der Waals surface area contributed by atoms with Gasteiger partial charge < -0.3 is 0 Å². The molecule has 0 aliphatic carbocycles. The van der Waals surface area contributed by atoms with E-state index in [1.165, 1.54) is 36.4 Å². The first-order chi connectivity index (χ1) is 9.86. The molecule has 0 unspecified atom stereocenters. The highest BCUT2D eigenvalue weighted by Crippen LogP contribution is 2.29. The number of hydrogen-bond donors (Lipinski definition) is 0. The summed E-state index contributed by atoms with van der Waals surface area (Å²) in [6, 6.07) is 9.46. The van der Waals surface area contributed by atoms with Crippen molar-refractivity contribution < 1.29 is 22.4 Å². The summed E-state index contributed by atoms with van der Waals surface area (Å²) in [6.07, 6.45) is -1.72. The smallest absolute Gasteiger partial charge is 0.289 e. The lowest BCUT2D eigenvalue weighted by atomic mass is 10.1. The molecule has 2 aromatic carbocycles. The summed E-state index contributed by atoms with van der Waals surface area (Å²) in [5.74, 6) is -0.811. The van der Waals surface area contributed by atoms with Crippen LogP contribution in [0, 0.1) is 5.82 Å². The average Bonchev–Trinajstić information content (AvgIpc) is 2.45. The molecule has 0 aromatic heterocycles. The molecule has 1 nitrogen and oxygen atoms in total. The summed E-state index contributed by atoms with van der Waals surface area (Å²) in [4.78, 5) is 11.8. The SMILES string of the molecule is O=C(/C=C\c1ccc(F)cc1)c1ccc(C(F)(F)F)cc1. The summed E-state index contributed by atoms with van der Waals surface area (Å²) in [6.45, 7) is 0. The molecule has 0 saturated heterocycles. The van der Waals surface area contributed by atoms with Crippen LogP contribution in [0.15, 0.2) is 54.6 Å². The van der Waals surface area contributed by atoms with Crippen LogP contribution in [-0.2, 0) is 6.18 Å². The molecule has 0 amide bonds. The minimum Gasteiger partial charge on any atom is -0.289 e. The molecule has 0 heterocycles. The average molecular weight is 294 g/mol. The fourth-order valence-electron chi connectivity index (χ4n) is 1.67. The lowest BCUT2D eigenvalue weighted by molar-refractivity contribution is -0.137. The van der Waals surface area contributed by atoms with Crippen LogP contribution in [0.2, 0.25) is 0 Å². The highest BCUT2D eigenvalue weighted by Gasteiger charge is 2.30.